The molecular weight excluding hydrogens is 466 g/mol. The average Bonchev–Trinajstić information content (AvgIpc) is 2.89. The van der Waals surface area contributed by atoms with Gasteiger partial charge in [-0.2, -0.15) is 0 Å². The van der Waals surface area contributed by atoms with Crippen LogP contribution >= 0.6 is 0 Å². The number of rotatable bonds is 24. The van der Waals surface area contributed by atoms with Crippen LogP contribution in [0.25, 0.3) is 0 Å². The van der Waals surface area contributed by atoms with E-state index in [2.05, 4.69) is 12.2 Å². The molecule has 0 saturated heterocycles. The Balaban J connectivity index is 1.73. The van der Waals surface area contributed by atoms with Gasteiger partial charge in [0, 0.05) is 13.0 Å². The Kier molecular flexibility index (Phi) is 21.7. The SMILES string of the molecule is CCCCCCCCC(=O)OCCOCCOCCOCCOCCNC(=O)OCc1ccccc1. The highest BCUT2D eigenvalue weighted by Gasteiger charge is 2.03. The number of ether oxygens (including phenoxy) is 6. The number of hydrogen-bond acceptors (Lipinski definition) is 8. The number of benzene rings is 1. The van der Waals surface area contributed by atoms with Gasteiger partial charge >= 0.3 is 12.1 Å². The van der Waals surface area contributed by atoms with E-state index in [9.17, 15) is 9.59 Å². The van der Waals surface area contributed by atoms with E-state index in [0.29, 0.717) is 65.8 Å². The fourth-order valence-corrected chi connectivity index (χ4v) is 3.10. The lowest BCUT2D eigenvalue weighted by Crippen LogP contribution is -2.28. The zero-order valence-corrected chi connectivity index (χ0v) is 21.9. The van der Waals surface area contributed by atoms with E-state index in [0.717, 1.165) is 18.4 Å². The van der Waals surface area contributed by atoms with Crippen molar-refractivity contribution in [3.05, 3.63) is 35.9 Å². The van der Waals surface area contributed by atoms with Crippen LogP contribution in [-0.4, -0.2) is 78.1 Å². The van der Waals surface area contributed by atoms with Crippen molar-refractivity contribution < 1.29 is 38.0 Å². The van der Waals surface area contributed by atoms with Crippen LogP contribution < -0.4 is 5.32 Å². The Hall–Kier alpha value is -2.20. The molecule has 0 aliphatic rings. The first-order chi connectivity index (χ1) is 17.7. The molecule has 0 aliphatic carbocycles. The molecule has 36 heavy (non-hydrogen) atoms. The number of amides is 1. The summed E-state index contributed by atoms with van der Waals surface area (Å²) in [7, 11) is 0. The van der Waals surface area contributed by atoms with Crippen molar-refractivity contribution >= 4 is 12.1 Å². The molecule has 0 spiro atoms. The smallest absolute Gasteiger partial charge is 0.407 e. The van der Waals surface area contributed by atoms with Crippen LogP contribution in [-0.2, 0) is 39.8 Å². The lowest BCUT2D eigenvalue weighted by atomic mass is 10.1. The second kappa shape index (κ2) is 24.5. The molecule has 0 fully saturated rings. The number of nitrogens with one attached hydrogen (secondary N) is 1. The Morgan fingerprint density at radius 3 is 1.86 bits per heavy atom. The third-order valence-electron chi connectivity index (χ3n) is 5.07. The molecule has 0 unspecified atom stereocenters. The van der Waals surface area contributed by atoms with Crippen molar-refractivity contribution in [1.82, 2.24) is 5.32 Å². The minimum atomic E-state index is -0.468. The van der Waals surface area contributed by atoms with Gasteiger partial charge < -0.3 is 33.7 Å². The molecule has 9 nitrogen and oxygen atoms in total. The summed E-state index contributed by atoms with van der Waals surface area (Å²) in [6, 6.07) is 9.50. The van der Waals surface area contributed by atoms with Crippen LogP contribution in [0.5, 0.6) is 0 Å². The van der Waals surface area contributed by atoms with Gasteiger partial charge in [-0.05, 0) is 12.0 Å². The van der Waals surface area contributed by atoms with Gasteiger partial charge in [-0.15, -0.1) is 0 Å². The molecule has 1 aromatic carbocycles. The third-order valence-corrected chi connectivity index (χ3v) is 5.07. The average molecular weight is 512 g/mol. The van der Waals surface area contributed by atoms with Crippen LogP contribution in [0.1, 0.15) is 57.4 Å². The topological polar surface area (TPSA) is 102 Å². The van der Waals surface area contributed by atoms with Crippen molar-refractivity contribution in [2.45, 2.75) is 58.5 Å². The lowest BCUT2D eigenvalue weighted by molar-refractivity contribution is -0.145. The quantitative estimate of drug-likeness (QED) is 0.162. The van der Waals surface area contributed by atoms with Gasteiger partial charge in [-0.3, -0.25) is 4.79 Å². The van der Waals surface area contributed by atoms with Crippen molar-refractivity contribution in [2.75, 3.05) is 66.0 Å². The number of carbonyl (C=O) groups is 2. The van der Waals surface area contributed by atoms with Crippen molar-refractivity contribution in [3.63, 3.8) is 0 Å². The molecule has 0 radical (unpaired) electrons. The van der Waals surface area contributed by atoms with Crippen LogP contribution in [0.4, 0.5) is 4.79 Å². The number of carbonyl (C=O) groups excluding carboxylic acids is 2. The van der Waals surface area contributed by atoms with E-state index in [-0.39, 0.29) is 19.2 Å². The molecule has 0 heterocycles. The maximum Gasteiger partial charge on any atom is 0.407 e. The molecule has 0 aromatic heterocycles. The summed E-state index contributed by atoms with van der Waals surface area (Å²) < 4.78 is 31.9. The van der Waals surface area contributed by atoms with Gasteiger partial charge in [0.1, 0.15) is 13.2 Å². The molecule has 206 valence electrons. The summed E-state index contributed by atoms with van der Waals surface area (Å²) in [4.78, 5) is 23.2. The van der Waals surface area contributed by atoms with E-state index in [4.69, 9.17) is 28.4 Å². The zero-order valence-electron chi connectivity index (χ0n) is 21.9. The second-order valence-electron chi connectivity index (χ2n) is 8.18. The van der Waals surface area contributed by atoms with Crippen molar-refractivity contribution in [2.24, 2.45) is 0 Å². The zero-order chi connectivity index (χ0) is 25.9. The molecular formula is C27H45NO8. The first-order valence-corrected chi connectivity index (χ1v) is 13.1. The fraction of sp³-hybridized carbons (Fsp3) is 0.704. The normalized spacial score (nSPS) is 10.8. The summed E-state index contributed by atoms with van der Waals surface area (Å²) in [5.74, 6) is -0.149. The number of unbranched alkanes of at least 4 members (excludes halogenated alkanes) is 5. The Morgan fingerprint density at radius 1 is 0.667 bits per heavy atom. The van der Waals surface area contributed by atoms with Crippen molar-refractivity contribution in [3.8, 4) is 0 Å². The van der Waals surface area contributed by atoms with Crippen molar-refractivity contribution in [1.29, 1.82) is 0 Å². The first-order valence-electron chi connectivity index (χ1n) is 13.1. The standard InChI is InChI=1S/C27H45NO8/c1-2-3-4-5-6-10-13-26(29)35-23-22-34-21-20-33-19-18-32-17-16-31-15-14-28-27(30)36-24-25-11-8-7-9-12-25/h7-9,11-12H,2-6,10,13-24H2,1H3,(H,28,30). The number of hydrogen-bond donors (Lipinski definition) is 1. The van der Waals surface area contributed by atoms with E-state index in [1.807, 2.05) is 30.3 Å². The minimum Gasteiger partial charge on any atom is -0.463 e. The third kappa shape index (κ3) is 21.1. The molecule has 0 saturated carbocycles. The van der Waals surface area contributed by atoms with Crippen LogP contribution in [0.2, 0.25) is 0 Å². The molecule has 0 aliphatic heterocycles. The highest BCUT2D eigenvalue weighted by atomic mass is 16.6. The maximum atomic E-state index is 11.6. The summed E-state index contributed by atoms with van der Waals surface area (Å²) in [5, 5.41) is 2.63. The number of esters is 1. The highest BCUT2D eigenvalue weighted by Crippen LogP contribution is 2.07. The molecule has 9 heteroatoms. The monoisotopic (exact) mass is 511 g/mol. The Morgan fingerprint density at radius 2 is 1.22 bits per heavy atom. The molecule has 1 amide bonds. The molecule has 1 N–H and O–H groups in total. The highest BCUT2D eigenvalue weighted by molar-refractivity contribution is 5.69. The molecule has 0 atom stereocenters. The predicted molar refractivity (Wildman–Crippen MR) is 137 cm³/mol. The minimum absolute atomic E-state index is 0.149. The van der Waals surface area contributed by atoms with Crippen LogP contribution in [0.3, 0.4) is 0 Å². The maximum absolute atomic E-state index is 11.6. The molecule has 1 rings (SSSR count). The summed E-state index contributed by atoms with van der Waals surface area (Å²) >= 11 is 0. The largest absolute Gasteiger partial charge is 0.463 e. The number of alkyl carbamates (subject to hydrolysis) is 1. The predicted octanol–water partition coefficient (Wildman–Crippen LogP) is 4.27. The van der Waals surface area contributed by atoms with E-state index >= 15 is 0 Å². The summed E-state index contributed by atoms with van der Waals surface area (Å²) in [6.07, 6.45) is 6.94. The van der Waals surface area contributed by atoms with Gasteiger partial charge in [0.05, 0.1) is 52.9 Å². The van der Waals surface area contributed by atoms with Crippen LogP contribution in [0.15, 0.2) is 30.3 Å². The van der Waals surface area contributed by atoms with Gasteiger partial charge in [0.2, 0.25) is 0 Å². The summed E-state index contributed by atoms with van der Waals surface area (Å²) in [5.41, 5.74) is 0.939. The van der Waals surface area contributed by atoms with Crippen LogP contribution in [0, 0.1) is 0 Å². The Labute approximate surface area is 216 Å². The van der Waals surface area contributed by atoms with Gasteiger partial charge in [0.25, 0.3) is 0 Å². The Bertz CT molecular complexity index is 644. The molecule has 1 aromatic rings. The first kappa shape index (κ1) is 31.8. The second-order valence-corrected chi connectivity index (χ2v) is 8.18. The van der Waals surface area contributed by atoms with Gasteiger partial charge in [0.15, 0.2) is 0 Å². The van der Waals surface area contributed by atoms with E-state index in [1.54, 1.807) is 0 Å². The van der Waals surface area contributed by atoms with Gasteiger partial charge in [-0.1, -0.05) is 69.4 Å². The summed E-state index contributed by atoms with van der Waals surface area (Å²) in [6.45, 7) is 6.54. The fourth-order valence-electron chi connectivity index (χ4n) is 3.10. The van der Waals surface area contributed by atoms with Gasteiger partial charge in [-0.25, -0.2) is 4.79 Å². The lowest BCUT2D eigenvalue weighted by Gasteiger charge is -2.09. The molecule has 0 bridgehead atoms. The van der Waals surface area contributed by atoms with E-state index in [1.165, 1.54) is 25.7 Å². The van der Waals surface area contributed by atoms with E-state index < -0.39 is 6.09 Å².